The number of nitrogens with two attached hydrogens (primary N) is 1. The minimum absolute atomic E-state index is 0.0562. The first-order valence-corrected chi connectivity index (χ1v) is 10.8. The monoisotopic (exact) mass is 427 g/mol. The van der Waals surface area contributed by atoms with E-state index in [0.717, 1.165) is 18.6 Å². The third-order valence-corrected chi connectivity index (χ3v) is 5.39. The van der Waals surface area contributed by atoms with Crippen LogP contribution in [-0.2, 0) is 29.0 Å². The molecule has 0 bridgehead atoms. The number of carbonyl (C=O) groups excluding carboxylic acids is 2. The van der Waals surface area contributed by atoms with Crippen LogP contribution in [0.2, 0.25) is 0 Å². The normalized spacial score (nSPS) is 10.8. The van der Waals surface area contributed by atoms with Crippen LogP contribution in [0.3, 0.4) is 0 Å². The molecule has 8 nitrogen and oxygen atoms in total. The maximum absolute atomic E-state index is 12.2. The van der Waals surface area contributed by atoms with Crippen LogP contribution in [0, 0.1) is 0 Å². The smallest absolute Gasteiger partial charge is 0.230 e. The summed E-state index contributed by atoms with van der Waals surface area (Å²) in [6.45, 7) is 1.05. The Bertz CT molecular complexity index is 941. The van der Waals surface area contributed by atoms with Gasteiger partial charge in [0.25, 0.3) is 0 Å². The number of nitrogens with one attached hydrogen (secondary N) is 1. The van der Waals surface area contributed by atoms with Gasteiger partial charge in [0.1, 0.15) is 11.6 Å². The number of amides is 2. The molecule has 2 amide bonds. The summed E-state index contributed by atoms with van der Waals surface area (Å²) < 4.78 is 7.27. The lowest BCUT2D eigenvalue weighted by atomic mass is 10.1. The molecule has 9 heteroatoms. The standard InChI is InChI=1S/C21H25N5O3S/c22-18(27)10-11-19-24-25-21(26(19)14-17-9-5-13-29-17)30-15-20(28)23-12-4-8-16-6-2-1-3-7-16/h1-3,5-7,9,13H,4,8,10-12,14-15H2,(H2,22,27)(H,23,28). The van der Waals surface area contributed by atoms with Crippen molar-refractivity contribution in [1.82, 2.24) is 20.1 Å². The minimum atomic E-state index is -0.397. The van der Waals surface area contributed by atoms with Crippen LogP contribution in [-0.4, -0.2) is 38.9 Å². The molecule has 3 N–H and O–H groups in total. The molecule has 0 atom stereocenters. The number of hydrogen-bond donors (Lipinski definition) is 2. The van der Waals surface area contributed by atoms with E-state index in [1.54, 1.807) is 12.3 Å². The summed E-state index contributed by atoms with van der Waals surface area (Å²) in [6.07, 6.45) is 3.97. The Balaban J connectivity index is 1.50. The highest BCUT2D eigenvalue weighted by Crippen LogP contribution is 2.19. The molecule has 2 heterocycles. The van der Waals surface area contributed by atoms with Gasteiger partial charge in [-0.15, -0.1) is 10.2 Å². The molecule has 0 saturated heterocycles. The Morgan fingerprint density at radius 3 is 2.67 bits per heavy atom. The van der Waals surface area contributed by atoms with Gasteiger partial charge in [0.15, 0.2) is 5.16 Å². The number of hydrogen-bond acceptors (Lipinski definition) is 6. The van der Waals surface area contributed by atoms with Crippen LogP contribution in [0.15, 0.2) is 58.3 Å². The number of furan rings is 1. The fraction of sp³-hybridized carbons (Fsp3) is 0.333. The second kappa shape index (κ2) is 11.2. The van der Waals surface area contributed by atoms with Crippen molar-refractivity contribution in [3.8, 4) is 0 Å². The number of aryl methyl sites for hydroxylation is 2. The molecule has 2 aromatic heterocycles. The van der Waals surface area contributed by atoms with Gasteiger partial charge in [-0.2, -0.15) is 0 Å². The number of carbonyl (C=O) groups is 2. The first-order valence-electron chi connectivity index (χ1n) is 9.78. The molecule has 0 aliphatic heterocycles. The zero-order chi connectivity index (χ0) is 21.2. The second-order valence-corrected chi connectivity index (χ2v) is 7.70. The van der Waals surface area contributed by atoms with E-state index in [1.807, 2.05) is 28.8 Å². The number of nitrogens with zero attached hydrogens (tertiary/aromatic N) is 3. The number of thioether (sulfide) groups is 1. The lowest BCUT2D eigenvalue weighted by Gasteiger charge is -2.09. The Hall–Kier alpha value is -3.07. The van der Waals surface area contributed by atoms with Crippen LogP contribution in [0.25, 0.3) is 0 Å². The van der Waals surface area contributed by atoms with Crippen LogP contribution in [0.1, 0.15) is 30.0 Å². The number of rotatable bonds is 12. The van der Waals surface area contributed by atoms with Crippen molar-refractivity contribution in [3.05, 3.63) is 65.9 Å². The third kappa shape index (κ3) is 6.77. The summed E-state index contributed by atoms with van der Waals surface area (Å²) in [5, 5.41) is 11.9. The Kier molecular flexibility index (Phi) is 8.08. The van der Waals surface area contributed by atoms with E-state index in [4.69, 9.17) is 10.2 Å². The molecule has 0 unspecified atom stereocenters. The van der Waals surface area contributed by atoms with E-state index >= 15 is 0 Å². The summed E-state index contributed by atoms with van der Waals surface area (Å²) in [7, 11) is 0. The van der Waals surface area contributed by atoms with Crippen molar-refractivity contribution in [3.63, 3.8) is 0 Å². The molecule has 0 saturated carbocycles. The quantitative estimate of drug-likeness (QED) is 0.338. The van der Waals surface area contributed by atoms with Crippen molar-refractivity contribution < 1.29 is 14.0 Å². The van der Waals surface area contributed by atoms with E-state index < -0.39 is 5.91 Å². The van der Waals surface area contributed by atoms with Crippen molar-refractivity contribution in [2.45, 2.75) is 37.4 Å². The van der Waals surface area contributed by atoms with Crippen LogP contribution in [0.5, 0.6) is 0 Å². The molecule has 1 aromatic carbocycles. The lowest BCUT2D eigenvalue weighted by Crippen LogP contribution is -2.26. The number of benzene rings is 1. The van der Waals surface area contributed by atoms with Crippen LogP contribution >= 0.6 is 11.8 Å². The topological polar surface area (TPSA) is 116 Å². The largest absolute Gasteiger partial charge is 0.467 e. The average molecular weight is 428 g/mol. The predicted octanol–water partition coefficient (Wildman–Crippen LogP) is 2.18. The van der Waals surface area contributed by atoms with Gasteiger partial charge in [-0.25, -0.2) is 0 Å². The molecule has 158 valence electrons. The first-order chi connectivity index (χ1) is 14.6. The van der Waals surface area contributed by atoms with E-state index in [9.17, 15) is 9.59 Å². The maximum atomic E-state index is 12.2. The Morgan fingerprint density at radius 2 is 1.93 bits per heavy atom. The number of aromatic nitrogens is 3. The van der Waals surface area contributed by atoms with Crippen molar-refractivity contribution in [1.29, 1.82) is 0 Å². The highest BCUT2D eigenvalue weighted by Gasteiger charge is 2.16. The van der Waals surface area contributed by atoms with Crippen molar-refractivity contribution >= 4 is 23.6 Å². The van der Waals surface area contributed by atoms with Gasteiger partial charge in [0, 0.05) is 19.4 Å². The van der Waals surface area contributed by atoms with E-state index in [0.29, 0.717) is 30.5 Å². The van der Waals surface area contributed by atoms with Gasteiger partial charge in [-0.05, 0) is 30.5 Å². The average Bonchev–Trinajstić information content (AvgIpc) is 3.39. The Morgan fingerprint density at radius 1 is 1.10 bits per heavy atom. The second-order valence-electron chi connectivity index (χ2n) is 6.76. The SMILES string of the molecule is NC(=O)CCc1nnc(SCC(=O)NCCCc2ccccc2)n1Cc1ccco1. The first kappa shape index (κ1) is 21.6. The molecule has 0 radical (unpaired) electrons. The molecule has 30 heavy (non-hydrogen) atoms. The number of primary amides is 1. The highest BCUT2D eigenvalue weighted by molar-refractivity contribution is 7.99. The minimum Gasteiger partial charge on any atom is -0.467 e. The molecule has 0 fully saturated rings. The zero-order valence-electron chi connectivity index (χ0n) is 16.6. The zero-order valence-corrected chi connectivity index (χ0v) is 17.4. The maximum Gasteiger partial charge on any atom is 0.230 e. The summed E-state index contributed by atoms with van der Waals surface area (Å²) in [5.41, 5.74) is 6.51. The summed E-state index contributed by atoms with van der Waals surface area (Å²) in [4.78, 5) is 23.3. The fourth-order valence-corrected chi connectivity index (χ4v) is 3.70. The van der Waals surface area contributed by atoms with Gasteiger partial charge in [0.2, 0.25) is 11.8 Å². The molecule has 0 aliphatic rings. The summed E-state index contributed by atoms with van der Waals surface area (Å²) in [6, 6.07) is 13.8. The lowest BCUT2D eigenvalue weighted by molar-refractivity contribution is -0.119. The van der Waals surface area contributed by atoms with Crippen LogP contribution in [0.4, 0.5) is 0 Å². The van der Waals surface area contributed by atoms with Gasteiger partial charge in [-0.3, -0.25) is 14.2 Å². The third-order valence-electron chi connectivity index (χ3n) is 4.42. The van der Waals surface area contributed by atoms with Crippen molar-refractivity contribution in [2.24, 2.45) is 5.73 Å². The van der Waals surface area contributed by atoms with E-state index in [2.05, 4.69) is 27.6 Å². The molecule has 0 aliphatic carbocycles. The van der Waals surface area contributed by atoms with E-state index in [-0.39, 0.29) is 18.1 Å². The van der Waals surface area contributed by atoms with Gasteiger partial charge in [-0.1, -0.05) is 42.1 Å². The predicted molar refractivity (Wildman–Crippen MR) is 114 cm³/mol. The van der Waals surface area contributed by atoms with Gasteiger partial charge in [0.05, 0.1) is 18.6 Å². The van der Waals surface area contributed by atoms with Gasteiger partial charge >= 0.3 is 0 Å². The van der Waals surface area contributed by atoms with Crippen molar-refractivity contribution in [2.75, 3.05) is 12.3 Å². The molecule has 3 rings (SSSR count). The summed E-state index contributed by atoms with van der Waals surface area (Å²) in [5.74, 6) is 1.15. The molecule has 3 aromatic rings. The van der Waals surface area contributed by atoms with Crippen LogP contribution < -0.4 is 11.1 Å². The van der Waals surface area contributed by atoms with E-state index in [1.165, 1.54) is 17.3 Å². The summed E-state index contributed by atoms with van der Waals surface area (Å²) >= 11 is 1.31. The Labute approximate surface area is 179 Å². The molecular formula is C21H25N5O3S. The fourth-order valence-electron chi connectivity index (χ4n) is 2.91. The molecule has 0 spiro atoms. The molecular weight excluding hydrogens is 402 g/mol. The van der Waals surface area contributed by atoms with Gasteiger partial charge < -0.3 is 15.5 Å². The highest BCUT2D eigenvalue weighted by atomic mass is 32.2.